The van der Waals surface area contributed by atoms with E-state index in [2.05, 4.69) is 10.2 Å². The molecule has 1 fully saturated rings. The highest BCUT2D eigenvalue weighted by Gasteiger charge is 2.36. The summed E-state index contributed by atoms with van der Waals surface area (Å²) in [5.74, 6) is 0.0184. The van der Waals surface area contributed by atoms with Gasteiger partial charge < -0.3 is 14.5 Å². The molecule has 0 unspecified atom stereocenters. The van der Waals surface area contributed by atoms with Gasteiger partial charge in [-0.2, -0.15) is 5.10 Å². The Balaban J connectivity index is 1.69. The minimum Gasteiger partial charge on any atom is -0.495 e. The quantitative estimate of drug-likeness (QED) is 0.883. The number of H-pyrrole nitrogens is 1. The number of aromatic nitrogens is 2. The maximum atomic E-state index is 12.6. The number of ether oxygens (including phenoxy) is 1. The molecule has 0 saturated carbocycles. The number of rotatable bonds is 5. The highest BCUT2D eigenvalue weighted by atomic mass is 35.5. The van der Waals surface area contributed by atoms with Crippen molar-refractivity contribution in [1.29, 1.82) is 0 Å². The van der Waals surface area contributed by atoms with Crippen molar-refractivity contribution >= 4 is 29.1 Å². The number of nitrogens with one attached hydrogen (secondary N) is 1. The Morgan fingerprint density at radius 1 is 1.48 bits per heavy atom. The van der Waals surface area contributed by atoms with Gasteiger partial charge in [-0.1, -0.05) is 11.6 Å². The van der Waals surface area contributed by atoms with Crippen LogP contribution in [0.25, 0.3) is 0 Å². The lowest BCUT2D eigenvalue weighted by molar-refractivity contribution is -0.135. The number of methoxy groups -OCH3 is 1. The van der Waals surface area contributed by atoms with Crippen molar-refractivity contribution in [2.45, 2.75) is 13.0 Å². The summed E-state index contributed by atoms with van der Waals surface area (Å²) in [6.45, 7) is 0.769. The van der Waals surface area contributed by atoms with Crippen molar-refractivity contribution in [1.82, 2.24) is 15.1 Å². The second kappa shape index (κ2) is 7.14. The molecule has 132 valence electrons. The maximum absolute atomic E-state index is 12.6. The largest absolute Gasteiger partial charge is 0.495 e. The summed E-state index contributed by atoms with van der Waals surface area (Å²) in [5.41, 5.74) is 1.52. The van der Waals surface area contributed by atoms with E-state index < -0.39 is 0 Å². The molecule has 0 radical (unpaired) electrons. The van der Waals surface area contributed by atoms with Crippen LogP contribution in [0.2, 0.25) is 5.02 Å². The van der Waals surface area contributed by atoms with E-state index in [1.165, 1.54) is 7.11 Å². The third kappa shape index (κ3) is 3.61. The van der Waals surface area contributed by atoms with Crippen LogP contribution < -0.4 is 9.64 Å². The first-order valence-electron chi connectivity index (χ1n) is 7.86. The zero-order valence-electron chi connectivity index (χ0n) is 14.0. The van der Waals surface area contributed by atoms with Gasteiger partial charge in [0.15, 0.2) is 0 Å². The number of aromatic amines is 1. The zero-order chi connectivity index (χ0) is 18.0. The van der Waals surface area contributed by atoms with Gasteiger partial charge >= 0.3 is 0 Å². The van der Waals surface area contributed by atoms with Crippen LogP contribution in [0.15, 0.2) is 30.5 Å². The van der Waals surface area contributed by atoms with E-state index in [0.717, 1.165) is 5.69 Å². The number of halogens is 1. The topological polar surface area (TPSA) is 78.5 Å². The molecule has 1 aromatic carbocycles. The number of hydrogen-bond acceptors (Lipinski definition) is 4. The molecule has 1 aliphatic rings. The molecule has 0 aliphatic carbocycles. The summed E-state index contributed by atoms with van der Waals surface area (Å²) < 4.78 is 5.13. The molecule has 1 aromatic heterocycles. The Hall–Kier alpha value is -2.54. The van der Waals surface area contributed by atoms with Gasteiger partial charge in [0.05, 0.1) is 30.3 Å². The number of amides is 2. The SMILES string of the molecule is COc1ccc(N2C[C@H](C(=O)N(C)Cc3ccn[nH]3)CC2=O)cc1Cl. The molecule has 2 heterocycles. The molecule has 25 heavy (non-hydrogen) atoms. The summed E-state index contributed by atoms with van der Waals surface area (Å²) in [7, 11) is 3.26. The molecule has 0 spiro atoms. The second-order valence-electron chi connectivity index (χ2n) is 6.00. The van der Waals surface area contributed by atoms with E-state index in [1.807, 2.05) is 6.07 Å². The fraction of sp³-hybridized carbons (Fsp3) is 0.353. The summed E-state index contributed by atoms with van der Waals surface area (Å²) in [5, 5.41) is 7.13. The first-order chi connectivity index (χ1) is 12.0. The van der Waals surface area contributed by atoms with Gasteiger partial charge in [0.2, 0.25) is 11.8 Å². The molecule has 7 nitrogen and oxygen atoms in total. The first-order valence-corrected chi connectivity index (χ1v) is 8.24. The van der Waals surface area contributed by atoms with Crippen molar-refractivity contribution in [2.75, 3.05) is 25.6 Å². The highest BCUT2D eigenvalue weighted by molar-refractivity contribution is 6.32. The van der Waals surface area contributed by atoms with Gasteiger partial charge in [0.25, 0.3) is 0 Å². The van der Waals surface area contributed by atoms with Gasteiger partial charge in [-0.05, 0) is 24.3 Å². The molecule has 1 aliphatic heterocycles. The van der Waals surface area contributed by atoms with Crippen LogP contribution in [0.5, 0.6) is 5.75 Å². The van der Waals surface area contributed by atoms with Crippen molar-refractivity contribution in [2.24, 2.45) is 5.92 Å². The Bertz CT molecular complexity index is 778. The number of anilines is 1. The van der Waals surface area contributed by atoms with Crippen LogP contribution in [0, 0.1) is 5.92 Å². The predicted octanol–water partition coefficient (Wildman–Crippen LogP) is 2.08. The predicted molar refractivity (Wildman–Crippen MR) is 93.5 cm³/mol. The number of carbonyl (C=O) groups is 2. The van der Waals surface area contributed by atoms with Crippen LogP contribution in [0.3, 0.4) is 0 Å². The Kier molecular flexibility index (Phi) is 4.94. The molecule has 0 bridgehead atoms. The summed E-state index contributed by atoms with van der Waals surface area (Å²) in [4.78, 5) is 28.2. The Morgan fingerprint density at radius 2 is 2.28 bits per heavy atom. The van der Waals surface area contributed by atoms with Crippen LogP contribution >= 0.6 is 11.6 Å². The molecule has 1 atom stereocenters. The Labute approximate surface area is 150 Å². The molecule has 3 rings (SSSR count). The van der Waals surface area contributed by atoms with Gasteiger partial charge in [0.1, 0.15) is 5.75 Å². The summed E-state index contributed by atoms with van der Waals surface area (Å²) >= 11 is 6.14. The van der Waals surface area contributed by atoms with Gasteiger partial charge in [0, 0.05) is 31.9 Å². The smallest absolute Gasteiger partial charge is 0.228 e. The van der Waals surface area contributed by atoms with E-state index in [9.17, 15) is 9.59 Å². The molecule has 2 aromatic rings. The van der Waals surface area contributed by atoms with Crippen LogP contribution in [0.1, 0.15) is 12.1 Å². The number of hydrogen-bond donors (Lipinski definition) is 1. The highest BCUT2D eigenvalue weighted by Crippen LogP contribution is 2.32. The van der Waals surface area contributed by atoms with Gasteiger partial charge in [-0.15, -0.1) is 0 Å². The number of carbonyl (C=O) groups excluding carboxylic acids is 2. The minimum atomic E-state index is -0.374. The van der Waals surface area contributed by atoms with Crippen molar-refractivity contribution < 1.29 is 14.3 Å². The second-order valence-corrected chi connectivity index (χ2v) is 6.41. The van der Waals surface area contributed by atoms with E-state index in [-0.39, 0.29) is 24.2 Å². The molecular weight excluding hydrogens is 344 g/mol. The lowest BCUT2D eigenvalue weighted by Gasteiger charge is -2.21. The van der Waals surface area contributed by atoms with Crippen molar-refractivity contribution in [3.8, 4) is 5.75 Å². The fourth-order valence-corrected chi connectivity index (χ4v) is 3.22. The third-order valence-corrected chi connectivity index (χ3v) is 4.56. The average Bonchev–Trinajstić information content (AvgIpc) is 3.23. The molecule has 1 N–H and O–H groups in total. The van der Waals surface area contributed by atoms with Crippen molar-refractivity contribution in [3.63, 3.8) is 0 Å². The number of benzene rings is 1. The van der Waals surface area contributed by atoms with Crippen LogP contribution in [-0.4, -0.2) is 47.6 Å². The van der Waals surface area contributed by atoms with Gasteiger partial charge in [-0.3, -0.25) is 14.7 Å². The molecule has 2 amide bonds. The van der Waals surface area contributed by atoms with Crippen LogP contribution in [0.4, 0.5) is 5.69 Å². The van der Waals surface area contributed by atoms with Crippen molar-refractivity contribution in [3.05, 3.63) is 41.2 Å². The first kappa shape index (κ1) is 17.3. The fourth-order valence-electron chi connectivity index (χ4n) is 2.96. The van der Waals surface area contributed by atoms with E-state index in [0.29, 0.717) is 29.5 Å². The zero-order valence-corrected chi connectivity index (χ0v) is 14.8. The Morgan fingerprint density at radius 3 is 2.92 bits per heavy atom. The standard InChI is InChI=1S/C17H19ClN4O3/c1-21(10-12-5-6-19-20-12)17(24)11-7-16(23)22(9-11)13-3-4-15(25-2)14(18)8-13/h3-6,8,11H,7,9-10H2,1-2H3,(H,19,20)/t11-/m1/s1. The van der Waals surface area contributed by atoms with E-state index >= 15 is 0 Å². The van der Waals surface area contributed by atoms with E-state index in [4.69, 9.17) is 16.3 Å². The molecular formula is C17H19ClN4O3. The minimum absolute atomic E-state index is 0.0648. The van der Waals surface area contributed by atoms with Crippen LogP contribution in [-0.2, 0) is 16.1 Å². The van der Waals surface area contributed by atoms with Gasteiger partial charge in [-0.25, -0.2) is 0 Å². The average molecular weight is 363 g/mol. The summed E-state index contributed by atoms with van der Waals surface area (Å²) in [6.07, 6.45) is 1.83. The lowest BCUT2D eigenvalue weighted by atomic mass is 10.1. The monoisotopic (exact) mass is 362 g/mol. The normalized spacial score (nSPS) is 17.0. The number of nitrogens with zero attached hydrogens (tertiary/aromatic N) is 3. The van der Waals surface area contributed by atoms with E-state index in [1.54, 1.807) is 41.2 Å². The summed E-state index contributed by atoms with van der Waals surface area (Å²) in [6, 6.07) is 6.98. The molecule has 8 heteroatoms. The molecule has 1 saturated heterocycles. The third-order valence-electron chi connectivity index (χ3n) is 4.26. The maximum Gasteiger partial charge on any atom is 0.228 e. The lowest BCUT2D eigenvalue weighted by Crippen LogP contribution is -2.34.